The van der Waals surface area contributed by atoms with E-state index >= 15 is 0 Å². The van der Waals surface area contributed by atoms with Crippen molar-refractivity contribution in [2.45, 2.75) is 32.2 Å². The summed E-state index contributed by atoms with van der Waals surface area (Å²) in [5.74, 6) is 0.904. The van der Waals surface area contributed by atoms with Gasteiger partial charge in [-0.3, -0.25) is 9.59 Å². The van der Waals surface area contributed by atoms with Crippen molar-refractivity contribution in [3.05, 3.63) is 23.3 Å². The van der Waals surface area contributed by atoms with Crippen molar-refractivity contribution in [2.24, 2.45) is 0 Å². The summed E-state index contributed by atoms with van der Waals surface area (Å²) >= 11 is 0. The van der Waals surface area contributed by atoms with Crippen LogP contribution < -0.4 is 14.8 Å². The summed E-state index contributed by atoms with van der Waals surface area (Å²) in [7, 11) is 3.11. The van der Waals surface area contributed by atoms with Gasteiger partial charge in [-0.25, -0.2) is 0 Å². The number of ether oxygens (including phenoxy) is 2. The lowest BCUT2D eigenvalue weighted by Crippen LogP contribution is -2.39. The highest BCUT2D eigenvalue weighted by Crippen LogP contribution is 2.33. The van der Waals surface area contributed by atoms with Crippen molar-refractivity contribution < 1.29 is 19.1 Å². The van der Waals surface area contributed by atoms with E-state index in [0.29, 0.717) is 23.5 Å². The van der Waals surface area contributed by atoms with Gasteiger partial charge >= 0.3 is 0 Å². The Morgan fingerprint density at radius 1 is 1.25 bits per heavy atom. The van der Waals surface area contributed by atoms with Gasteiger partial charge in [-0.2, -0.15) is 0 Å². The van der Waals surface area contributed by atoms with E-state index in [1.807, 2.05) is 6.07 Å². The maximum Gasteiger partial charge on any atom is 0.217 e. The Bertz CT molecular complexity index is 539. The average Bonchev–Trinajstić information content (AvgIpc) is 2.57. The van der Waals surface area contributed by atoms with Crippen molar-refractivity contribution in [1.29, 1.82) is 0 Å². The monoisotopic (exact) mass is 277 g/mol. The maximum absolute atomic E-state index is 12.5. The second-order valence-corrected chi connectivity index (χ2v) is 4.87. The Balaban J connectivity index is 2.42. The highest BCUT2D eigenvalue weighted by atomic mass is 16.5. The number of ketones is 1. The largest absolute Gasteiger partial charge is 0.493 e. The third-order valence-electron chi connectivity index (χ3n) is 3.51. The highest BCUT2D eigenvalue weighted by molar-refractivity contribution is 6.03. The number of amides is 1. The summed E-state index contributed by atoms with van der Waals surface area (Å²) in [6.45, 7) is 1.42. The minimum atomic E-state index is -0.452. The van der Waals surface area contributed by atoms with Gasteiger partial charge in [0.05, 0.1) is 20.3 Å². The van der Waals surface area contributed by atoms with Crippen LogP contribution in [-0.4, -0.2) is 32.0 Å². The van der Waals surface area contributed by atoms with Crippen LogP contribution in [0.15, 0.2) is 12.1 Å². The van der Waals surface area contributed by atoms with E-state index in [1.54, 1.807) is 13.2 Å². The number of hydrogen-bond acceptors (Lipinski definition) is 4. The van der Waals surface area contributed by atoms with Gasteiger partial charge in [0, 0.05) is 12.5 Å². The highest BCUT2D eigenvalue weighted by Gasteiger charge is 2.27. The molecule has 0 radical (unpaired) electrons. The van der Waals surface area contributed by atoms with Crippen LogP contribution in [-0.2, 0) is 11.2 Å². The molecule has 0 heterocycles. The molecule has 0 aliphatic heterocycles. The normalized spacial score (nSPS) is 17.9. The fourth-order valence-electron chi connectivity index (χ4n) is 2.56. The van der Waals surface area contributed by atoms with E-state index in [4.69, 9.17) is 9.47 Å². The van der Waals surface area contributed by atoms with Gasteiger partial charge in [0.25, 0.3) is 0 Å². The van der Waals surface area contributed by atoms with E-state index in [2.05, 4.69) is 5.32 Å². The Morgan fingerprint density at radius 3 is 2.50 bits per heavy atom. The third kappa shape index (κ3) is 2.76. The summed E-state index contributed by atoms with van der Waals surface area (Å²) < 4.78 is 10.5. The zero-order chi connectivity index (χ0) is 14.7. The molecule has 1 N–H and O–H groups in total. The van der Waals surface area contributed by atoms with Crippen LogP contribution >= 0.6 is 0 Å². The zero-order valence-corrected chi connectivity index (χ0v) is 12.0. The van der Waals surface area contributed by atoms with Crippen molar-refractivity contribution in [3.8, 4) is 11.5 Å². The summed E-state index contributed by atoms with van der Waals surface area (Å²) in [4.78, 5) is 23.7. The van der Waals surface area contributed by atoms with Crippen LogP contribution in [0.25, 0.3) is 0 Å². The molecule has 1 aliphatic rings. The number of aryl methyl sites for hydroxylation is 1. The molecule has 1 aromatic rings. The molecule has 108 valence electrons. The van der Waals surface area contributed by atoms with Gasteiger partial charge in [-0.15, -0.1) is 0 Å². The predicted molar refractivity (Wildman–Crippen MR) is 74.4 cm³/mol. The zero-order valence-electron chi connectivity index (χ0n) is 12.0. The molecule has 5 nitrogen and oxygen atoms in total. The predicted octanol–water partition coefficient (Wildman–Crippen LogP) is 1.73. The first kappa shape index (κ1) is 14.4. The SMILES string of the molecule is COc1cc2c(cc1OC)C(=O)[C@H](NC(C)=O)CCC2. The molecular formula is C15H19NO4. The first-order valence-electron chi connectivity index (χ1n) is 6.63. The molecule has 0 bridgehead atoms. The molecule has 0 aromatic heterocycles. The third-order valence-corrected chi connectivity index (χ3v) is 3.51. The molecule has 0 fully saturated rings. The Hall–Kier alpha value is -2.04. The smallest absolute Gasteiger partial charge is 0.217 e. The van der Waals surface area contributed by atoms with Crippen LogP contribution in [0.4, 0.5) is 0 Å². The van der Waals surface area contributed by atoms with E-state index < -0.39 is 6.04 Å². The number of carbonyl (C=O) groups is 2. The lowest BCUT2D eigenvalue weighted by atomic mass is 9.99. The molecule has 1 aromatic carbocycles. The number of hydrogen-bond donors (Lipinski definition) is 1. The Morgan fingerprint density at radius 2 is 1.90 bits per heavy atom. The summed E-state index contributed by atoms with van der Waals surface area (Å²) in [5.41, 5.74) is 1.56. The molecule has 2 rings (SSSR count). The van der Waals surface area contributed by atoms with Crippen LogP contribution in [0.5, 0.6) is 11.5 Å². The lowest BCUT2D eigenvalue weighted by Gasteiger charge is -2.16. The van der Waals surface area contributed by atoms with Crippen LogP contribution in [0, 0.1) is 0 Å². The van der Waals surface area contributed by atoms with E-state index in [-0.39, 0.29) is 11.7 Å². The first-order valence-corrected chi connectivity index (χ1v) is 6.63. The van der Waals surface area contributed by atoms with Crippen molar-refractivity contribution >= 4 is 11.7 Å². The van der Waals surface area contributed by atoms with Gasteiger partial charge in [-0.05, 0) is 37.0 Å². The number of benzene rings is 1. The maximum atomic E-state index is 12.5. The number of rotatable bonds is 3. The molecule has 1 amide bonds. The minimum Gasteiger partial charge on any atom is -0.493 e. The summed E-state index contributed by atoms with van der Waals surface area (Å²) in [6, 6.07) is 3.10. The first-order chi connectivity index (χ1) is 9.56. The molecular weight excluding hydrogens is 258 g/mol. The average molecular weight is 277 g/mol. The van der Waals surface area contributed by atoms with Crippen LogP contribution in [0.3, 0.4) is 0 Å². The van der Waals surface area contributed by atoms with Crippen LogP contribution in [0.2, 0.25) is 0 Å². The molecule has 0 saturated carbocycles. The topological polar surface area (TPSA) is 64.6 Å². The van der Waals surface area contributed by atoms with Crippen molar-refractivity contribution in [3.63, 3.8) is 0 Å². The van der Waals surface area contributed by atoms with Gasteiger partial charge in [0.2, 0.25) is 5.91 Å². The second-order valence-electron chi connectivity index (χ2n) is 4.87. The van der Waals surface area contributed by atoms with Gasteiger partial charge in [0.1, 0.15) is 0 Å². The lowest BCUT2D eigenvalue weighted by molar-refractivity contribution is -0.119. The van der Waals surface area contributed by atoms with Crippen LogP contribution in [0.1, 0.15) is 35.7 Å². The standard InChI is InChI=1S/C15H19NO4/c1-9(17)16-12-6-4-5-10-7-13(19-2)14(20-3)8-11(10)15(12)18/h7-8,12H,4-6H2,1-3H3,(H,16,17)/t12-/m1/s1. The van der Waals surface area contributed by atoms with Gasteiger partial charge < -0.3 is 14.8 Å². The fraction of sp³-hybridized carbons (Fsp3) is 0.467. The summed E-state index contributed by atoms with van der Waals surface area (Å²) in [5, 5.41) is 2.72. The molecule has 0 saturated heterocycles. The number of Topliss-reactive ketones (excluding diaryl/α,β-unsaturated/α-hetero) is 1. The Labute approximate surface area is 118 Å². The number of methoxy groups -OCH3 is 2. The summed E-state index contributed by atoms with van der Waals surface area (Å²) in [6.07, 6.45) is 2.29. The minimum absolute atomic E-state index is 0.0614. The van der Waals surface area contributed by atoms with Gasteiger partial charge in [-0.1, -0.05) is 0 Å². The molecule has 20 heavy (non-hydrogen) atoms. The molecule has 0 unspecified atom stereocenters. The van der Waals surface area contributed by atoms with E-state index in [9.17, 15) is 9.59 Å². The fourth-order valence-corrected chi connectivity index (χ4v) is 2.56. The molecule has 5 heteroatoms. The molecule has 0 spiro atoms. The van der Waals surface area contributed by atoms with E-state index in [0.717, 1.165) is 18.4 Å². The van der Waals surface area contributed by atoms with Crippen molar-refractivity contribution in [1.82, 2.24) is 5.32 Å². The Kier molecular flexibility index (Phi) is 4.27. The van der Waals surface area contributed by atoms with Crippen molar-refractivity contribution in [2.75, 3.05) is 14.2 Å². The second kappa shape index (κ2) is 5.94. The van der Waals surface area contributed by atoms with Gasteiger partial charge in [0.15, 0.2) is 17.3 Å². The van der Waals surface area contributed by atoms with E-state index in [1.165, 1.54) is 14.0 Å². The number of fused-ring (bicyclic) bond motifs is 1. The molecule has 1 atom stereocenters. The number of carbonyl (C=O) groups excluding carboxylic acids is 2. The molecule has 1 aliphatic carbocycles. The number of nitrogens with one attached hydrogen (secondary N) is 1. The quantitative estimate of drug-likeness (QED) is 0.855.